The molecule has 1 saturated carbocycles. The number of nitrogens with one attached hydrogen (secondary N) is 1. The smallest absolute Gasteiger partial charge is 0.220 e. The molecular weight excluding hydrogens is 250 g/mol. The molecule has 1 spiro atoms. The Bertz CT molecular complexity index is 279. The fourth-order valence-electron chi connectivity index (χ4n) is 2.59. The summed E-state index contributed by atoms with van der Waals surface area (Å²) in [5, 5.41) is 2.94. The second-order valence-electron chi connectivity index (χ2n) is 5.07. The van der Waals surface area contributed by atoms with Crippen molar-refractivity contribution in [2.24, 2.45) is 0 Å². The predicted octanol–water partition coefficient (Wildman–Crippen LogP) is 1.93. The number of carbonyl (C=O) groups is 1. The first-order valence-corrected chi connectivity index (χ1v) is 8.21. The van der Waals surface area contributed by atoms with Gasteiger partial charge in [0.25, 0.3) is 0 Å². The molecule has 0 aromatic heterocycles. The normalized spacial score (nSPS) is 25.7. The van der Waals surface area contributed by atoms with Gasteiger partial charge in [0.15, 0.2) is 5.79 Å². The van der Waals surface area contributed by atoms with Crippen LogP contribution in [0.25, 0.3) is 0 Å². The van der Waals surface area contributed by atoms with E-state index in [0.717, 1.165) is 25.0 Å². The van der Waals surface area contributed by atoms with Crippen molar-refractivity contribution < 1.29 is 14.3 Å². The third-order valence-electron chi connectivity index (χ3n) is 3.56. The van der Waals surface area contributed by atoms with Crippen molar-refractivity contribution in [3.05, 3.63) is 0 Å². The lowest BCUT2D eigenvalue weighted by atomic mass is 10.2. The minimum Gasteiger partial charge on any atom is -0.353 e. The highest BCUT2D eigenvalue weighted by molar-refractivity contribution is 7.98. The monoisotopic (exact) mass is 273 g/mol. The molecule has 1 N–H and O–H groups in total. The Morgan fingerprint density at radius 2 is 2.22 bits per heavy atom. The van der Waals surface area contributed by atoms with Crippen molar-refractivity contribution in [2.45, 2.75) is 50.4 Å². The summed E-state index contributed by atoms with van der Waals surface area (Å²) in [6, 6.07) is 0. The Morgan fingerprint density at radius 3 is 2.94 bits per heavy atom. The van der Waals surface area contributed by atoms with Crippen molar-refractivity contribution in [1.82, 2.24) is 5.32 Å². The quantitative estimate of drug-likeness (QED) is 0.751. The maximum absolute atomic E-state index is 11.6. The van der Waals surface area contributed by atoms with Gasteiger partial charge in [-0.05, 0) is 31.3 Å². The lowest BCUT2D eigenvalue weighted by Gasteiger charge is -2.21. The summed E-state index contributed by atoms with van der Waals surface area (Å²) < 4.78 is 11.7. The Morgan fingerprint density at radius 1 is 1.44 bits per heavy atom. The van der Waals surface area contributed by atoms with Crippen LogP contribution in [-0.4, -0.2) is 43.0 Å². The molecule has 0 aromatic carbocycles. The summed E-state index contributed by atoms with van der Waals surface area (Å²) in [7, 11) is 0. The van der Waals surface area contributed by atoms with Crippen LogP contribution in [-0.2, 0) is 14.3 Å². The van der Waals surface area contributed by atoms with E-state index in [1.54, 1.807) is 11.8 Å². The van der Waals surface area contributed by atoms with Gasteiger partial charge in [-0.2, -0.15) is 11.8 Å². The van der Waals surface area contributed by atoms with Gasteiger partial charge >= 0.3 is 0 Å². The third-order valence-corrected chi connectivity index (χ3v) is 4.26. The Hall–Kier alpha value is -0.260. The largest absolute Gasteiger partial charge is 0.353 e. The van der Waals surface area contributed by atoms with Gasteiger partial charge in [-0.1, -0.05) is 0 Å². The van der Waals surface area contributed by atoms with Crippen LogP contribution in [0.3, 0.4) is 0 Å². The first-order chi connectivity index (χ1) is 8.74. The average molecular weight is 273 g/mol. The van der Waals surface area contributed by atoms with E-state index in [0.29, 0.717) is 19.6 Å². The molecule has 1 saturated heterocycles. The predicted molar refractivity (Wildman–Crippen MR) is 72.6 cm³/mol. The van der Waals surface area contributed by atoms with Crippen molar-refractivity contribution in [3.63, 3.8) is 0 Å². The number of amides is 1. The fraction of sp³-hybridized carbons (Fsp3) is 0.923. The summed E-state index contributed by atoms with van der Waals surface area (Å²) in [4.78, 5) is 11.6. The van der Waals surface area contributed by atoms with E-state index < -0.39 is 0 Å². The van der Waals surface area contributed by atoms with Crippen LogP contribution < -0.4 is 5.32 Å². The first-order valence-electron chi connectivity index (χ1n) is 6.81. The maximum Gasteiger partial charge on any atom is 0.220 e. The number of thioether (sulfide) groups is 1. The van der Waals surface area contributed by atoms with Crippen LogP contribution in [0, 0.1) is 0 Å². The summed E-state index contributed by atoms with van der Waals surface area (Å²) in [5.74, 6) is 0.855. The van der Waals surface area contributed by atoms with Crippen molar-refractivity contribution in [2.75, 3.05) is 25.2 Å². The third kappa shape index (κ3) is 3.87. The van der Waals surface area contributed by atoms with Crippen LogP contribution >= 0.6 is 11.8 Å². The highest BCUT2D eigenvalue weighted by atomic mass is 32.2. The summed E-state index contributed by atoms with van der Waals surface area (Å²) in [6.45, 7) is 1.20. The molecule has 0 radical (unpaired) electrons. The van der Waals surface area contributed by atoms with Gasteiger partial charge in [-0.15, -0.1) is 0 Å². The molecule has 0 aromatic rings. The molecule has 4 nitrogen and oxygen atoms in total. The number of carbonyl (C=O) groups excluding carboxylic acids is 1. The zero-order chi connectivity index (χ0) is 12.8. The topological polar surface area (TPSA) is 47.6 Å². The van der Waals surface area contributed by atoms with Gasteiger partial charge in [0.1, 0.15) is 6.10 Å². The Labute approximate surface area is 113 Å². The summed E-state index contributed by atoms with van der Waals surface area (Å²) >= 11 is 1.77. The van der Waals surface area contributed by atoms with Gasteiger partial charge in [0.2, 0.25) is 5.91 Å². The van der Waals surface area contributed by atoms with Crippen LogP contribution in [0.1, 0.15) is 38.5 Å². The van der Waals surface area contributed by atoms with Crippen molar-refractivity contribution in [1.29, 1.82) is 0 Å². The molecule has 1 aliphatic heterocycles. The Balaban J connectivity index is 1.61. The van der Waals surface area contributed by atoms with Crippen molar-refractivity contribution >= 4 is 17.7 Å². The lowest BCUT2D eigenvalue weighted by molar-refractivity contribution is -0.161. The van der Waals surface area contributed by atoms with Gasteiger partial charge in [0.05, 0.1) is 6.61 Å². The minimum atomic E-state index is -0.311. The number of rotatable bonds is 6. The van der Waals surface area contributed by atoms with Gasteiger partial charge in [0, 0.05) is 25.8 Å². The van der Waals surface area contributed by atoms with E-state index in [1.807, 2.05) is 0 Å². The maximum atomic E-state index is 11.6. The number of ether oxygens (including phenoxy) is 2. The molecule has 1 aliphatic carbocycles. The molecule has 18 heavy (non-hydrogen) atoms. The van der Waals surface area contributed by atoms with Crippen LogP contribution in [0.4, 0.5) is 0 Å². The highest BCUT2D eigenvalue weighted by Crippen LogP contribution is 2.38. The molecular formula is C13H23NO3S. The zero-order valence-electron chi connectivity index (χ0n) is 11.1. The first kappa shape index (κ1) is 14.2. The summed E-state index contributed by atoms with van der Waals surface area (Å²) in [5.41, 5.74) is 0. The zero-order valence-corrected chi connectivity index (χ0v) is 11.9. The van der Waals surface area contributed by atoms with E-state index in [1.165, 1.54) is 12.8 Å². The summed E-state index contributed by atoms with van der Waals surface area (Å²) in [6.07, 6.45) is 8.03. The molecule has 1 atom stereocenters. The van der Waals surface area contributed by atoms with Gasteiger partial charge < -0.3 is 14.8 Å². The fourth-order valence-corrected chi connectivity index (χ4v) is 3.02. The average Bonchev–Trinajstić information content (AvgIpc) is 2.98. The molecule has 1 amide bonds. The lowest BCUT2D eigenvalue weighted by Crippen LogP contribution is -2.35. The molecule has 2 rings (SSSR count). The molecule has 1 heterocycles. The molecule has 2 fully saturated rings. The second kappa shape index (κ2) is 6.78. The van der Waals surface area contributed by atoms with Crippen LogP contribution in [0.15, 0.2) is 0 Å². The van der Waals surface area contributed by atoms with E-state index in [9.17, 15) is 4.79 Å². The standard InChI is InChI=1S/C13H23NO3S/c1-18-8-4-5-12(15)14-9-11-10-16-13(17-11)6-2-3-7-13/h11H,2-10H2,1H3,(H,14,15). The van der Waals surface area contributed by atoms with Crippen LogP contribution in [0.2, 0.25) is 0 Å². The van der Waals surface area contributed by atoms with E-state index in [2.05, 4.69) is 11.6 Å². The second-order valence-corrected chi connectivity index (χ2v) is 6.05. The van der Waals surface area contributed by atoms with Gasteiger partial charge in [-0.25, -0.2) is 0 Å². The minimum absolute atomic E-state index is 0.0348. The molecule has 104 valence electrons. The van der Waals surface area contributed by atoms with E-state index in [-0.39, 0.29) is 17.8 Å². The Kier molecular flexibility index (Phi) is 5.33. The number of hydrogen-bond donors (Lipinski definition) is 1. The molecule has 5 heteroatoms. The molecule has 0 bridgehead atoms. The SMILES string of the molecule is CSCCCC(=O)NCC1COC2(CCCC2)O1. The highest BCUT2D eigenvalue weighted by Gasteiger charge is 2.43. The molecule has 1 unspecified atom stereocenters. The van der Waals surface area contributed by atoms with Gasteiger partial charge in [-0.3, -0.25) is 4.79 Å². The number of hydrogen-bond acceptors (Lipinski definition) is 4. The molecule has 2 aliphatic rings. The van der Waals surface area contributed by atoms with Crippen molar-refractivity contribution in [3.8, 4) is 0 Å². The van der Waals surface area contributed by atoms with Crippen LogP contribution in [0.5, 0.6) is 0 Å². The van der Waals surface area contributed by atoms with E-state index in [4.69, 9.17) is 9.47 Å². The van der Waals surface area contributed by atoms with E-state index >= 15 is 0 Å².